The minimum Gasteiger partial charge on any atom is -0.354 e. The number of nitrogens with one attached hydrogen (secondary N) is 1. The first-order chi connectivity index (χ1) is 5.86. The Morgan fingerprint density at radius 3 is 2.67 bits per heavy atom. The van der Waals surface area contributed by atoms with E-state index in [1.807, 2.05) is 11.8 Å². The average Bonchev–Trinajstić information content (AvgIpc) is 2.58. The fraction of sp³-hybridized carbons (Fsp3) is 0.889. The van der Waals surface area contributed by atoms with E-state index in [1.165, 1.54) is 25.7 Å². The van der Waals surface area contributed by atoms with E-state index in [9.17, 15) is 4.79 Å². The minimum atomic E-state index is 0.217. The number of carbonyl (C=O) groups is 1. The molecule has 12 heavy (non-hydrogen) atoms. The summed E-state index contributed by atoms with van der Waals surface area (Å²) in [6.45, 7) is 0.911. The van der Waals surface area contributed by atoms with Crippen LogP contribution < -0.4 is 5.32 Å². The maximum absolute atomic E-state index is 10.9. The maximum Gasteiger partial charge on any atom is 0.230 e. The van der Waals surface area contributed by atoms with Gasteiger partial charge in [0.2, 0.25) is 5.91 Å². The molecule has 3 heteroatoms. The molecule has 2 aliphatic rings. The third-order valence-corrected chi connectivity index (χ3v) is 4.26. The molecule has 2 rings (SSSR count). The summed E-state index contributed by atoms with van der Waals surface area (Å²) in [6.07, 6.45) is 5.56. The second-order valence-electron chi connectivity index (χ2n) is 3.70. The van der Waals surface area contributed by atoms with Gasteiger partial charge in [-0.2, -0.15) is 0 Å². The van der Waals surface area contributed by atoms with E-state index in [0.29, 0.717) is 11.0 Å². The fourth-order valence-electron chi connectivity index (χ4n) is 2.14. The SMILES string of the molecule is O=C1CSC(C2CCCC2)CN1. The van der Waals surface area contributed by atoms with Crippen molar-refractivity contribution in [3.63, 3.8) is 0 Å². The van der Waals surface area contributed by atoms with Crippen LogP contribution in [0.2, 0.25) is 0 Å². The van der Waals surface area contributed by atoms with Crippen LogP contribution >= 0.6 is 11.8 Å². The van der Waals surface area contributed by atoms with E-state index >= 15 is 0 Å². The molecular formula is C9H15NOS. The monoisotopic (exact) mass is 185 g/mol. The highest BCUT2D eigenvalue weighted by Crippen LogP contribution is 2.34. The summed E-state index contributed by atoms with van der Waals surface area (Å²) < 4.78 is 0. The van der Waals surface area contributed by atoms with Crippen molar-refractivity contribution in [2.24, 2.45) is 5.92 Å². The largest absolute Gasteiger partial charge is 0.354 e. The topological polar surface area (TPSA) is 29.1 Å². The molecule has 1 heterocycles. The molecule has 1 aliphatic carbocycles. The van der Waals surface area contributed by atoms with Gasteiger partial charge in [0.05, 0.1) is 5.75 Å². The normalized spacial score (nSPS) is 32.0. The van der Waals surface area contributed by atoms with Gasteiger partial charge >= 0.3 is 0 Å². The smallest absolute Gasteiger partial charge is 0.230 e. The molecule has 0 aromatic heterocycles. The molecule has 2 fully saturated rings. The summed E-state index contributed by atoms with van der Waals surface area (Å²) in [5.41, 5.74) is 0. The molecule has 0 bridgehead atoms. The maximum atomic E-state index is 10.9. The van der Waals surface area contributed by atoms with E-state index in [4.69, 9.17) is 0 Å². The zero-order valence-corrected chi connectivity index (χ0v) is 8.03. The molecule has 68 valence electrons. The molecule has 0 radical (unpaired) electrons. The van der Waals surface area contributed by atoms with Gasteiger partial charge in [0.1, 0.15) is 0 Å². The molecule has 1 unspecified atom stereocenters. The van der Waals surface area contributed by atoms with Gasteiger partial charge in [0, 0.05) is 11.8 Å². The van der Waals surface area contributed by atoms with Crippen LogP contribution in [0.5, 0.6) is 0 Å². The number of hydrogen-bond acceptors (Lipinski definition) is 2. The van der Waals surface area contributed by atoms with E-state index in [0.717, 1.165) is 12.5 Å². The predicted molar refractivity (Wildman–Crippen MR) is 51.2 cm³/mol. The van der Waals surface area contributed by atoms with Crippen molar-refractivity contribution in [3.8, 4) is 0 Å². The van der Waals surface area contributed by atoms with E-state index in [1.54, 1.807) is 0 Å². The summed E-state index contributed by atoms with van der Waals surface area (Å²) in [7, 11) is 0. The third-order valence-electron chi connectivity index (χ3n) is 2.85. The van der Waals surface area contributed by atoms with Gasteiger partial charge in [-0.15, -0.1) is 11.8 Å². The Labute approximate surface area is 77.5 Å². The number of hydrogen-bond donors (Lipinski definition) is 1. The van der Waals surface area contributed by atoms with Crippen molar-refractivity contribution < 1.29 is 4.79 Å². The van der Waals surface area contributed by atoms with Gasteiger partial charge in [-0.1, -0.05) is 12.8 Å². The highest BCUT2D eigenvalue weighted by molar-refractivity contribution is 8.00. The van der Waals surface area contributed by atoms with Gasteiger partial charge in [-0.05, 0) is 18.8 Å². The van der Waals surface area contributed by atoms with E-state index in [2.05, 4.69) is 5.32 Å². The van der Waals surface area contributed by atoms with Crippen molar-refractivity contribution in [1.82, 2.24) is 5.32 Å². The molecule has 1 saturated heterocycles. The lowest BCUT2D eigenvalue weighted by molar-refractivity contribution is -0.118. The van der Waals surface area contributed by atoms with Crippen LogP contribution in [0.4, 0.5) is 0 Å². The summed E-state index contributed by atoms with van der Waals surface area (Å²) in [5.74, 6) is 1.78. The van der Waals surface area contributed by atoms with Gasteiger partial charge in [-0.3, -0.25) is 4.79 Å². The van der Waals surface area contributed by atoms with E-state index < -0.39 is 0 Å². The Morgan fingerprint density at radius 1 is 1.33 bits per heavy atom. The van der Waals surface area contributed by atoms with Crippen LogP contribution in [0.1, 0.15) is 25.7 Å². The first kappa shape index (κ1) is 8.42. The third kappa shape index (κ3) is 1.76. The molecule has 0 aromatic rings. The van der Waals surface area contributed by atoms with Gasteiger partial charge < -0.3 is 5.32 Å². The predicted octanol–water partition coefficient (Wildman–Crippen LogP) is 1.41. The van der Waals surface area contributed by atoms with Crippen LogP contribution in [0, 0.1) is 5.92 Å². The Kier molecular flexibility index (Phi) is 2.59. The number of carbonyl (C=O) groups excluding carboxylic acids is 1. The summed E-state index contributed by atoms with van der Waals surface area (Å²) >= 11 is 1.86. The summed E-state index contributed by atoms with van der Waals surface area (Å²) in [5, 5.41) is 3.66. The first-order valence-corrected chi connectivity index (χ1v) is 5.79. The molecule has 0 aromatic carbocycles. The van der Waals surface area contributed by atoms with Crippen molar-refractivity contribution in [2.45, 2.75) is 30.9 Å². The summed E-state index contributed by atoms with van der Waals surface area (Å²) in [6, 6.07) is 0. The van der Waals surface area contributed by atoms with Crippen molar-refractivity contribution in [3.05, 3.63) is 0 Å². The first-order valence-electron chi connectivity index (χ1n) is 4.74. The number of rotatable bonds is 1. The van der Waals surface area contributed by atoms with Crippen LogP contribution in [-0.4, -0.2) is 23.5 Å². The highest BCUT2D eigenvalue weighted by Gasteiger charge is 2.28. The zero-order valence-electron chi connectivity index (χ0n) is 7.21. The van der Waals surface area contributed by atoms with E-state index in [-0.39, 0.29) is 5.91 Å². The zero-order chi connectivity index (χ0) is 8.39. The molecule has 1 atom stereocenters. The Morgan fingerprint density at radius 2 is 2.08 bits per heavy atom. The minimum absolute atomic E-state index is 0.217. The highest BCUT2D eigenvalue weighted by atomic mass is 32.2. The molecular weight excluding hydrogens is 170 g/mol. The molecule has 1 amide bonds. The summed E-state index contributed by atoms with van der Waals surface area (Å²) in [4.78, 5) is 10.9. The second kappa shape index (κ2) is 3.69. The molecule has 1 aliphatic heterocycles. The van der Waals surface area contributed by atoms with Crippen molar-refractivity contribution in [1.29, 1.82) is 0 Å². The van der Waals surface area contributed by atoms with Gasteiger partial charge in [0.25, 0.3) is 0 Å². The second-order valence-corrected chi connectivity index (χ2v) is 4.93. The Hall–Kier alpha value is -0.180. The number of amides is 1. The van der Waals surface area contributed by atoms with Crippen LogP contribution in [-0.2, 0) is 4.79 Å². The Balaban J connectivity index is 1.84. The quantitative estimate of drug-likeness (QED) is 0.669. The van der Waals surface area contributed by atoms with Crippen LogP contribution in [0.25, 0.3) is 0 Å². The average molecular weight is 185 g/mol. The Bertz CT molecular complexity index is 167. The van der Waals surface area contributed by atoms with Gasteiger partial charge in [0.15, 0.2) is 0 Å². The van der Waals surface area contributed by atoms with Crippen LogP contribution in [0.3, 0.4) is 0 Å². The lowest BCUT2D eigenvalue weighted by Crippen LogP contribution is -2.40. The van der Waals surface area contributed by atoms with Crippen molar-refractivity contribution in [2.75, 3.05) is 12.3 Å². The molecule has 1 N–H and O–H groups in total. The fourth-order valence-corrected chi connectivity index (χ4v) is 3.35. The standard InChI is InChI=1S/C9H15NOS/c11-9-6-12-8(5-10-9)7-3-1-2-4-7/h7-8H,1-6H2,(H,10,11). The lowest BCUT2D eigenvalue weighted by atomic mass is 10.0. The molecule has 0 spiro atoms. The van der Waals surface area contributed by atoms with Crippen molar-refractivity contribution >= 4 is 17.7 Å². The number of thioether (sulfide) groups is 1. The van der Waals surface area contributed by atoms with Crippen LogP contribution in [0.15, 0.2) is 0 Å². The molecule has 2 nitrogen and oxygen atoms in total. The van der Waals surface area contributed by atoms with Gasteiger partial charge in [-0.25, -0.2) is 0 Å². The molecule has 1 saturated carbocycles. The lowest BCUT2D eigenvalue weighted by Gasteiger charge is -2.26.